The number of esters is 1. The second-order valence-corrected chi connectivity index (χ2v) is 4.68. The molecule has 0 bridgehead atoms. The third-order valence-electron chi connectivity index (χ3n) is 3.82. The van der Waals surface area contributed by atoms with Gasteiger partial charge in [0, 0.05) is 0 Å². The number of carbonyl (C=O) groups is 1. The molecule has 4 atom stereocenters. The summed E-state index contributed by atoms with van der Waals surface area (Å²) in [6, 6.07) is 0. The van der Waals surface area contributed by atoms with E-state index in [4.69, 9.17) is 4.74 Å². The molecular formula is C11H18O3. The zero-order valence-corrected chi connectivity index (χ0v) is 8.61. The molecule has 3 nitrogen and oxygen atoms in total. The Balaban J connectivity index is 1.95. The zero-order chi connectivity index (χ0) is 10.1. The fourth-order valence-electron chi connectivity index (χ4n) is 3.09. The number of ether oxygens (including phenoxy) is 1. The van der Waals surface area contributed by atoms with Crippen LogP contribution in [0, 0.1) is 17.8 Å². The van der Waals surface area contributed by atoms with Crippen molar-refractivity contribution in [2.45, 2.75) is 38.2 Å². The van der Waals surface area contributed by atoms with Gasteiger partial charge in [-0.15, -0.1) is 0 Å². The van der Waals surface area contributed by atoms with Gasteiger partial charge in [0.05, 0.1) is 19.1 Å². The molecule has 0 spiro atoms. The van der Waals surface area contributed by atoms with Gasteiger partial charge in [-0.05, 0) is 43.9 Å². The van der Waals surface area contributed by atoms with Crippen LogP contribution in [0.2, 0.25) is 0 Å². The van der Waals surface area contributed by atoms with Crippen LogP contribution < -0.4 is 0 Å². The van der Waals surface area contributed by atoms with Crippen LogP contribution in [0.25, 0.3) is 0 Å². The average Bonchev–Trinajstić information content (AvgIpc) is 2.59. The maximum absolute atomic E-state index is 11.4. The van der Waals surface area contributed by atoms with Crippen LogP contribution >= 0.6 is 0 Å². The fraction of sp³-hybridized carbons (Fsp3) is 0.909. The van der Waals surface area contributed by atoms with Gasteiger partial charge in [0.2, 0.25) is 0 Å². The summed E-state index contributed by atoms with van der Waals surface area (Å²) in [6.45, 7) is 0. The summed E-state index contributed by atoms with van der Waals surface area (Å²) in [6.07, 6.45) is 4.65. The summed E-state index contributed by atoms with van der Waals surface area (Å²) in [5.41, 5.74) is 0. The lowest BCUT2D eigenvalue weighted by atomic mass is 9.80. The molecule has 3 heteroatoms. The summed E-state index contributed by atoms with van der Waals surface area (Å²) in [5, 5.41) is 9.52. The minimum atomic E-state index is -0.132. The van der Waals surface area contributed by atoms with Crippen molar-refractivity contribution in [2.24, 2.45) is 17.8 Å². The van der Waals surface area contributed by atoms with E-state index in [1.54, 1.807) is 0 Å². The number of carbonyl (C=O) groups excluding carboxylic acids is 1. The first kappa shape index (κ1) is 9.97. The number of hydrogen-bond acceptors (Lipinski definition) is 3. The highest BCUT2D eigenvalue weighted by Gasteiger charge is 2.41. The quantitative estimate of drug-likeness (QED) is 0.647. The van der Waals surface area contributed by atoms with Gasteiger partial charge in [0.1, 0.15) is 0 Å². The van der Waals surface area contributed by atoms with Crippen molar-refractivity contribution in [3.63, 3.8) is 0 Å². The van der Waals surface area contributed by atoms with E-state index in [-0.39, 0.29) is 18.0 Å². The van der Waals surface area contributed by atoms with Crippen molar-refractivity contribution in [3.05, 3.63) is 0 Å². The summed E-state index contributed by atoms with van der Waals surface area (Å²) in [5.74, 6) is 1.25. The molecule has 14 heavy (non-hydrogen) atoms. The average molecular weight is 198 g/mol. The van der Waals surface area contributed by atoms with Crippen LogP contribution in [0.5, 0.6) is 0 Å². The minimum absolute atomic E-state index is 0.0612. The molecule has 0 aromatic heterocycles. The van der Waals surface area contributed by atoms with Crippen molar-refractivity contribution < 1.29 is 14.6 Å². The Hall–Kier alpha value is -0.570. The largest absolute Gasteiger partial charge is 0.469 e. The molecule has 0 aromatic carbocycles. The topological polar surface area (TPSA) is 46.5 Å². The van der Waals surface area contributed by atoms with Crippen LogP contribution in [0.1, 0.15) is 32.1 Å². The number of rotatable bonds is 1. The van der Waals surface area contributed by atoms with E-state index < -0.39 is 0 Å². The van der Waals surface area contributed by atoms with Crippen molar-refractivity contribution >= 4 is 5.97 Å². The highest BCUT2D eigenvalue weighted by molar-refractivity contribution is 5.72. The molecule has 0 aliphatic heterocycles. The van der Waals surface area contributed by atoms with Crippen LogP contribution in [-0.4, -0.2) is 24.3 Å². The molecule has 2 aliphatic carbocycles. The van der Waals surface area contributed by atoms with E-state index in [0.29, 0.717) is 11.8 Å². The van der Waals surface area contributed by atoms with Gasteiger partial charge >= 0.3 is 5.97 Å². The molecule has 80 valence electrons. The standard InChI is InChI=1S/C11H18O3/c1-14-11(13)9-4-7-2-3-10(12)6-8(7)5-9/h7-10,12H,2-6H2,1H3/t7-,8+,9+,10-/m0/s1. The van der Waals surface area contributed by atoms with Crippen LogP contribution in [0.4, 0.5) is 0 Å². The predicted molar refractivity (Wildman–Crippen MR) is 51.6 cm³/mol. The Labute approximate surface area is 84.4 Å². The monoisotopic (exact) mass is 198 g/mol. The Kier molecular flexibility index (Phi) is 2.77. The Morgan fingerprint density at radius 1 is 1.21 bits per heavy atom. The van der Waals surface area contributed by atoms with Crippen molar-refractivity contribution in [3.8, 4) is 0 Å². The second kappa shape index (κ2) is 3.89. The molecule has 2 saturated carbocycles. The molecule has 1 N–H and O–H groups in total. The Morgan fingerprint density at radius 3 is 2.64 bits per heavy atom. The van der Waals surface area contributed by atoms with Gasteiger partial charge in [-0.2, -0.15) is 0 Å². The lowest BCUT2D eigenvalue weighted by molar-refractivity contribution is -0.145. The minimum Gasteiger partial charge on any atom is -0.469 e. The molecule has 0 unspecified atom stereocenters. The van der Waals surface area contributed by atoms with Gasteiger partial charge in [-0.3, -0.25) is 4.79 Å². The van der Waals surface area contributed by atoms with Gasteiger partial charge in [0.15, 0.2) is 0 Å². The van der Waals surface area contributed by atoms with Crippen LogP contribution in [0.15, 0.2) is 0 Å². The number of aliphatic hydroxyl groups excluding tert-OH is 1. The molecule has 0 aromatic rings. The zero-order valence-electron chi connectivity index (χ0n) is 8.61. The SMILES string of the molecule is COC(=O)[C@@H]1C[C@@H]2CC[C@H](O)C[C@H]2C1. The molecule has 0 saturated heterocycles. The number of fused-ring (bicyclic) bond motifs is 1. The van der Waals surface area contributed by atoms with Crippen LogP contribution in [-0.2, 0) is 9.53 Å². The molecular weight excluding hydrogens is 180 g/mol. The van der Waals surface area contributed by atoms with Crippen molar-refractivity contribution in [2.75, 3.05) is 7.11 Å². The first-order valence-electron chi connectivity index (χ1n) is 5.46. The summed E-state index contributed by atoms with van der Waals surface area (Å²) in [4.78, 5) is 11.4. The van der Waals surface area contributed by atoms with E-state index in [9.17, 15) is 9.90 Å². The molecule has 0 amide bonds. The maximum Gasteiger partial charge on any atom is 0.308 e. The lowest BCUT2D eigenvalue weighted by Gasteiger charge is -2.28. The predicted octanol–water partition coefficient (Wildman–Crippen LogP) is 1.35. The molecule has 0 heterocycles. The van der Waals surface area contributed by atoms with E-state index in [1.165, 1.54) is 7.11 Å². The van der Waals surface area contributed by atoms with Crippen molar-refractivity contribution in [1.82, 2.24) is 0 Å². The third kappa shape index (κ3) is 1.78. The highest BCUT2D eigenvalue weighted by atomic mass is 16.5. The third-order valence-corrected chi connectivity index (χ3v) is 3.82. The smallest absolute Gasteiger partial charge is 0.308 e. The van der Waals surface area contributed by atoms with Crippen LogP contribution in [0.3, 0.4) is 0 Å². The second-order valence-electron chi connectivity index (χ2n) is 4.68. The van der Waals surface area contributed by atoms with Gasteiger partial charge in [-0.25, -0.2) is 0 Å². The lowest BCUT2D eigenvalue weighted by Crippen LogP contribution is -2.23. The van der Waals surface area contributed by atoms with E-state index in [0.717, 1.165) is 32.1 Å². The van der Waals surface area contributed by atoms with Gasteiger partial charge < -0.3 is 9.84 Å². The first-order valence-corrected chi connectivity index (χ1v) is 5.46. The Bertz CT molecular complexity index is 227. The van der Waals surface area contributed by atoms with E-state index >= 15 is 0 Å². The van der Waals surface area contributed by atoms with E-state index in [2.05, 4.69) is 0 Å². The first-order chi connectivity index (χ1) is 6.70. The molecule has 2 rings (SSSR count). The number of aliphatic hydroxyl groups is 1. The van der Waals surface area contributed by atoms with E-state index in [1.807, 2.05) is 0 Å². The molecule has 0 radical (unpaired) electrons. The highest BCUT2D eigenvalue weighted by Crippen LogP contribution is 2.45. The molecule has 2 aliphatic rings. The number of hydrogen-bond donors (Lipinski definition) is 1. The Morgan fingerprint density at radius 2 is 1.93 bits per heavy atom. The summed E-state index contributed by atoms with van der Waals surface area (Å²) < 4.78 is 4.77. The maximum atomic E-state index is 11.4. The van der Waals surface area contributed by atoms with Gasteiger partial charge in [-0.1, -0.05) is 0 Å². The fourth-order valence-corrected chi connectivity index (χ4v) is 3.09. The summed E-state index contributed by atoms with van der Waals surface area (Å²) in [7, 11) is 1.46. The summed E-state index contributed by atoms with van der Waals surface area (Å²) >= 11 is 0. The molecule has 2 fully saturated rings. The normalized spacial score (nSPS) is 41.9. The van der Waals surface area contributed by atoms with Gasteiger partial charge in [0.25, 0.3) is 0 Å². The number of methoxy groups -OCH3 is 1. The van der Waals surface area contributed by atoms with Crippen molar-refractivity contribution in [1.29, 1.82) is 0 Å².